The van der Waals surface area contributed by atoms with Gasteiger partial charge in [-0.15, -0.1) is 0 Å². The summed E-state index contributed by atoms with van der Waals surface area (Å²) >= 11 is 0. The van der Waals surface area contributed by atoms with Gasteiger partial charge in [0.2, 0.25) is 0 Å². The first-order chi connectivity index (χ1) is 8.21. The van der Waals surface area contributed by atoms with E-state index in [0.717, 1.165) is 32.0 Å². The molecule has 0 aromatic rings. The number of nitrogens with one attached hydrogen (secondary N) is 1. The first-order valence-corrected chi connectivity index (χ1v) is 6.77. The molecule has 1 N–H and O–H groups in total. The van der Waals surface area contributed by atoms with Crippen molar-refractivity contribution in [2.75, 3.05) is 26.2 Å². The average Bonchev–Trinajstić information content (AvgIpc) is 2.91. The Hall–Kier alpha value is -1.06. The molecule has 4 nitrogen and oxygen atoms in total. The lowest BCUT2D eigenvalue weighted by atomic mass is 9.95. The van der Waals surface area contributed by atoms with Crippen LogP contribution in [0.1, 0.15) is 49.0 Å². The predicted octanol–water partition coefficient (Wildman–Crippen LogP) is 2.80. The fourth-order valence-electron chi connectivity index (χ4n) is 1.79. The van der Waals surface area contributed by atoms with E-state index in [0.29, 0.717) is 0 Å². The second kappa shape index (κ2) is 6.92. The van der Waals surface area contributed by atoms with Crippen LogP contribution < -0.4 is 5.32 Å². The smallest absolute Gasteiger partial charge is 0.102 e. The quantitative estimate of drug-likeness (QED) is 0.734. The highest BCUT2D eigenvalue weighted by Crippen LogP contribution is 2.15. The molecule has 0 saturated carbocycles. The van der Waals surface area contributed by atoms with Gasteiger partial charge in [0, 0.05) is 24.0 Å². The first-order valence-electron chi connectivity index (χ1n) is 6.77. The van der Waals surface area contributed by atoms with Gasteiger partial charge < -0.3 is 10.2 Å². The molecule has 0 aliphatic carbocycles. The van der Waals surface area contributed by atoms with E-state index >= 15 is 0 Å². The Morgan fingerprint density at radius 1 is 1.11 bits per heavy atom. The van der Waals surface area contributed by atoms with Crippen LogP contribution >= 0.6 is 0 Å². The monoisotopic (exact) mass is 268 g/mol. The molecule has 2 rings (SSSR count). The van der Waals surface area contributed by atoms with Crippen molar-refractivity contribution in [3.8, 4) is 0 Å². The number of rotatable bonds is 0. The largest absolute Gasteiger partial charge is 0.372 e. The van der Waals surface area contributed by atoms with Gasteiger partial charge in [0.05, 0.1) is 19.4 Å². The second-order valence-electron chi connectivity index (χ2n) is 6.79. The van der Waals surface area contributed by atoms with Gasteiger partial charge in [0.1, 0.15) is 5.84 Å². The van der Waals surface area contributed by atoms with Gasteiger partial charge in [0.25, 0.3) is 0 Å². The Kier molecular flexibility index (Phi) is 6.53. The molecule has 2 heterocycles. The number of nitrogens with zero attached hydrogens (tertiary/aromatic N) is 3. The molecule has 0 aromatic carbocycles. The van der Waals surface area contributed by atoms with Crippen molar-refractivity contribution < 1.29 is 0 Å². The van der Waals surface area contributed by atoms with Gasteiger partial charge in [-0.05, 0) is 20.8 Å². The molecule has 0 atom stereocenters. The molecule has 4 heteroatoms. The zero-order valence-corrected chi connectivity index (χ0v) is 12.7. The third-order valence-electron chi connectivity index (χ3n) is 2.94. The highest BCUT2D eigenvalue weighted by molar-refractivity contribution is 5.88. The Morgan fingerprint density at radius 2 is 1.74 bits per heavy atom. The summed E-state index contributed by atoms with van der Waals surface area (Å²) in [6.45, 7) is 17.1. The summed E-state index contributed by atoms with van der Waals surface area (Å²) in [6, 6.07) is 0. The SMILES string of the molecule is C.CC(C)(C)C1=NCCN1.CC(C)(C)N1C=NCC1. The summed E-state index contributed by atoms with van der Waals surface area (Å²) in [5, 5.41) is 3.25. The highest BCUT2D eigenvalue weighted by atomic mass is 15.2. The van der Waals surface area contributed by atoms with Crippen LogP contribution in [0.25, 0.3) is 0 Å². The number of amidine groups is 1. The molecular weight excluding hydrogens is 236 g/mol. The highest BCUT2D eigenvalue weighted by Gasteiger charge is 2.20. The first kappa shape index (κ1) is 17.9. The molecule has 112 valence electrons. The van der Waals surface area contributed by atoms with Crippen LogP contribution in [0.15, 0.2) is 9.98 Å². The van der Waals surface area contributed by atoms with Crippen molar-refractivity contribution in [1.29, 1.82) is 0 Å². The number of hydrogen-bond donors (Lipinski definition) is 1. The van der Waals surface area contributed by atoms with Gasteiger partial charge in [-0.3, -0.25) is 9.98 Å². The maximum atomic E-state index is 4.31. The molecular formula is C15H32N4. The number of aliphatic imine (C=N–C) groups is 2. The van der Waals surface area contributed by atoms with Crippen LogP contribution in [-0.2, 0) is 0 Å². The minimum Gasteiger partial charge on any atom is -0.372 e. The third kappa shape index (κ3) is 6.08. The average molecular weight is 268 g/mol. The van der Waals surface area contributed by atoms with Crippen molar-refractivity contribution in [2.45, 2.75) is 54.5 Å². The van der Waals surface area contributed by atoms with Gasteiger partial charge in [-0.25, -0.2) is 0 Å². The lowest BCUT2D eigenvalue weighted by Crippen LogP contribution is -2.38. The van der Waals surface area contributed by atoms with Crippen molar-refractivity contribution >= 4 is 12.2 Å². The van der Waals surface area contributed by atoms with Crippen molar-refractivity contribution in [3.05, 3.63) is 0 Å². The fourth-order valence-corrected chi connectivity index (χ4v) is 1.79. The minimum absolute atomic E-state index is 0. The molecule has 0 fully saturated rings. The van der Waals surface area contributed by atoms with Gasteiger partial charge >= 0.3 is 0 Å². The number of hydrogen-bond acceptors (Lipinski definition) is 4. The van der Waals surface area contributed by atoms with Crippen LogP contribution in [0.4, 0.5) is 0 Å². The van der Waals surface area contributed by atoms with Crippen LogP contribution in [0.2, 0.25) is 0 Å². The second-order valence-corrected chi connectivity index (χ2v) is 6.79. The Bertz CT molecular complexity index is 318. The summed E-state index contributed by atoms with van der Waals surface area (Å²) in [5.74, 6) is 1.16. The molecule has 2 aliphatic rings. The Morgan fingerprint density at radius 3 is 1.95 bits per heavy atom. The Labute approximate surface area is 119 Å². The van der Waals surface area contributed by atoms with Gasteiger partial charge in [-0.1, -0.05) is 28.2 Å². The van der Waals surface area contributed by atoms with E-state index in [1.54, 1.807) is 0 Å². The minimum atomic E-state index is 0. The molecule has 0 amide bonds. The van der Waals surface area contributed by atoms with E-state index in [1.807, 2.05) is 6.34 Å². The van der Waals surface area contributed by atoms with E-state index in [2.05, 4.69) is 61.7 Å². The van der Waals surface area contributed by atoms with Crippen LogP contribution in [0, 0.1) is 5.41 Å². The molecule has 0 radical (unpaired) electrons. The molecule has 0 saturated heterocycles. The molecule has 19 heavy (non-hydrogen) atoms. The summed E-state index contributed by atoms with van der Waals surface area (Å²) in [4.78, 5) is 10.7. The summed E-state index contributed by atoms with van der Waals surface area (Å²) in [6.07, 6.45) is 1.94. The van der Waals surface area contributed by atoms with Gasteiger partial charge in [-0.2, -0.15) is 0 Å². The Balaban J connectivity index is 0.000000324. The van der Waals surface area contributed by atoms with Crippen molar-refractivity contribution in [1.82, 2.24) is 10.2 Å². The fraction of sp³-hybridized carbons (Fsp3) is 0.867. The van der Waals surface area contributed by atoms with Crippen LogP contribution in [-0.4, -0.2) is 48.8 Å². The van der Waals surface area contributed by atoms with E-state index < -0.39 is 0 Å². The lowest BCUT2D eigenvalue weighted by molar-refractivity contribution is 0.264. The summed E-state index contributed by atoms with van der Waals surface area (Å²) in [7, 11) is 0. The summed E-state index contributed by atoms with van der Waals surface area (Å²) < 4.78 is 0. The maximum Gasteiger partial charge on any atom is 0.102 e. The van der Waals surface area contributed by atoms with E-state index in [9.17, 15) is 0 Å². The summed E-state index contributed by atoms with van der Waals surface area (Å²) in [5.41, 5.74) is 0.483. The maximum absolute atomic E-state index is 4.31. The normalized spacial score (nSPS) is 18.2. The van der Waals surface area contributed by atoms with Crippen LogP contribution in [0.3, 0.4) is 0 Å². The molecule has 2 aliphatic heterocycles. The molecule has 0 bridgehead atoms. The molecule has 0 spiro atoms. The lowest BCUT2D eigenvalue weighted by Gasteiger charge is -2.30. The molecule has 0 aromatic heterocycles. The molecule has 0 unspecified atom stereocenters. The van der Waals surface area contributed by atoms with Crippen molar-refractivity contribution in [3.63, 3.8) is 0 Å². The van der Waals surface area contributed by atoms with E-state index in [1.165, 1.54) is 0 Å². The topological polar surface area (TPSA) is 40.0 Å². The van der Waals surface area contributed by atoms with E-state index in [4.69, 9.17) is 0 Å². The predicted molar refractivity (Wildman–Crippen MR) is 86.3 cm³/mol. The third-order valence-corrected chi connectivity index (χ3v) is 2.94. The zero-order chi connectivity index (χ0) is 13.8. The van der Waals surface area contributed by atoms with Crippen LogP contribution in [0.5, 0.6) is 0 Å². The van der Waals surface area contributed by atoms with Crippen molar-refractivity contribution in [2.24, 2.45) is 15.4 Å². The van der Waals surface area contributed by atoms with E-state index in [-0.39, 0.29) is 18.4 Å². The standard InChI is InChI=1S/2C7H14N2.CH4/c1-7(2,3)9-5-4-8-6-9;1-7(2,3)6-8-4-5-9-6;/h6H,4-5H2,1-3H3;4-5H2,1-3H3,(H,8,9);1H4. The van der Waals surface area contributed by atoms with Gasteiger partial charge in [0.15, 0.2) is 0 Å². The zero-order valence-electron chi connectivity index (χ0n) is 12.7.